The van der Waals surface area contributed by atoms with Gasteiger partial charge in [0.15, 0.2) is 0 Å². The third-order valence-corrected chi connectivity index (χ3v) is 7.92. The highest BCUT2D eigenvalue weighted by atomic mass is 35.5. The molecule has 1 amide bonds. The fourth-order valence-electron chi connectivity index (χ4n) is 5.36. The molecule has 10 nitrogen and oxygen atoms in total. The summed E-state index contributed by atoms with van der Waals surface area (Å²) in [5.41, 5.74) is 2.64. The van der Waals surface area contributed by atoms with E-state index in [2.05, 4.69) is 38.9 Å². The van der Waals surface area contributed by atoms with Crippen LogP contribution in [0.5, 0.6) is 0 Å². The van der Waals surface area contributed by atoms with Crippen LogP contribution in [0.3, 0.4) is 0 Å². The third kappa shape index (κ3) is 5.76. The van der Waals surface area contributed by atoms with E-state index in [0.717, 1.165) is 31.8 Å². The van der Waals surface area contributed by atoms with Crippen LogP contribution in [-0.2, 0) is 9.53 Å². The molecule has 2 fully saturated rings. The molecule has 5 rings (SSSR count). The number of carbonyl (C=O) groups is 1. The Morgan fingerprint density at radius 3 is 2.70 bits per heavy atom. The maximum Gasteiger partial charge on any atom is 0.260 e. The molecule has 2 saturated heterocycles. The standard InChI is InChI=1S/C29H36ClN7O3/c1-6-20-14-23(22-9-8-21(15-24(22)30)27-33-19(4)40-34-27)29(38)37(7-2)28(20)32-18(3)31-25-16-39-17-26(25)36-12-10-35(5)11-13-36/h6,8-9,14-15,25-26,31H,3,7,10-13,16-17H2,1-2,4-5H3/b20-6-,32-28+/t25-,26+/m1/s1. The molecule has 0 spiro atoms. The van der Waals surface area contributed by atoms with Crippen LogP contribution >= 0.6 is 11.6 Å². The van der Waals surface area contributed by atoms with Crippen molar-refractivity contribution in [2.45, 2.75) is 32.9 Å². The summed E-state index contributed by atoms with van der Waals surface area (Å²) in [6.45, 7) is 15.6. The summed E-state index contributed by atoms with van der Waals surface area (Å²) in [5, 5.41) is 7.86. The van der Waals surface area contributed by atoms with Crippen LogP contribution in [0.2, 0.25) is 5.02 Å². The highest BCUT2D eigenvalue weighted by Gasteiger charge is 2.35. The number of aliphatic imine (C=N–C) groups is 1. The second kappa shape index (κ2) is 12.1. The molecule has 11 heteroatoms. The van der Waals surface area contributed by atoms with Gasteiger partial charge >= 0.3 is 0 Å². The average molecular weight is 566 g/mol. The van der Waals surface area contributed by atoms with Gasteiger partial charge in [-0.25, -0.2) is 4.99 Å². The molecule has 0 bridgehead atoms. The number of piperazine rings is 1. The van der Waals surface area contributed by atoms with Crippen molar-refractivity contribution in [3.05, 3.63) is 64.8 Å². The summed E-state index contributed by atoms with van der Waals surface area (Å²) in [5.74, 6) is 1.80. The number of amidine groups is 1. The topological polar surface area (TPSA) is 99.3 Å². The van der Waals surface area contributed by atoms with E-state index < -0.39 is 0 Å². The van der Waals surface area contributed by atoms with Crippen LogP contribution in [0.25, 0.3) is 17.0 Å². The number of nitrogens with one attached hydrogen (secondary N) is 1. The normalized spacial score (nSPS) is 24.7. The number of rotatable bonds is 7. The number of halogens is 1. The highest BCUT2D eigenvalue weighted by molar-refractivity contribution is 6.37. The van der Waals surface area contributed by atoms with Gasteiger partial charge in [0.1, 0.15) is 11.7 Å². The van der Waals surface area contributed by atoms with Crippen molar-refractivity contribution in [3.8, 4) is 11.4 Å². The van der Waals surface area contributed by atoms with Crippen molar-refractivity contribution >= 4 is 28.9 Å². The Morgan fingerprint density at radius 2 is 2.05 bits per heavy atom. The van der Waals surface area contributed by atoms with Gasteiger partial charge in [0, 0.05) is 66.9 Å². The molecular weight excluding hydrogens is 530 g/mol. The van der Waals surface area contributed by atoms with Gasteiger partial charge in [-0.15, -0.1) is 0 Å². The summed E-state index contributed by atoms with van der Waals surface area (Å²) < 4.78 is 10.9. The molecule has 212 valence electrons. The zero-order valence-electron chi connectivity index (χ0n) is 23.5. The molecular formula is C29H36ClN7O3. The number of hydrogen-bond donors (Lipinski definition) is 1. The van der Waals surface area contributed by atoms with Gasteiger partial charge in [-0.05, 0) is 33.0 Å². The number of nitrogens with zero attached hydrogens (tertiary/aromatic N) is 6. The van der Waals surface area contributed by atoms with E-state index >= 15 is 0 Å². The lowest BCUT2D eigenvalue weighted by atomic mass is 9.95. The summed E-state index contributed by atoms with van der Waals surface area (Å²) in [7, 11) is 2.15. The summed E-state index contributed by atoms with van der Waals surface area (Å²) in [6.07, 6.45) is 3.78. The number of allylic oxidation sites excluding steroid dienone is 1. The Morgan fingerprint density at radius 1 is 1.27 bits per heavy atom. The Bertz CT molecular complexity index is 1370. The highest BCUT2D eigenvalue weighted by Crippen LogP contribution is 2.33. The fourth-order valence-corrected chi connectivity index (χ4v) is 5.64. The van der Waals surface area contributed by atoms with Crippen molar-refractivity contribution in [3.63, 3.8) is 0 Å². The number of benzene rings is 1. The minimum absolute atomic E-state index is 0.0788. The fraction of sp³-hybridized carbons (Fsp3) is 0.448. The first kappa shape index (κ1) is 28.2. The second-order valence-corrected chi connectivity index (χ2v) is 10.7. The van der Waals surface area contributed by atoms with E-state index in [4.69, 9.17) is 25.9 Å². The van der Waals surface area contributed by atoms with Crippen LogP contribution in [0.4, 0.5) is 0 Å². The van der Waals surface area contributed by atoms with Crippen LogP contribution in [-0.4, -0.2) is 102 Å². The minimum Gasteiger partial charge on any atom is -0.378 e. The lowest BCUT2D eigenvalue weighted by molar-refractivity contribution is -0.121. The van der Waals surface area contributed by atoms with Gasteiger partial charge in [0.25, 0.3) is 5.91 Å². The van der Waals surface area contributed by atoms with Crippen molar-refractivity contribution in [2.24, 2.45) is 4.99 Å². The lowest BCUT2D eigenvalue weighted by Crippen LogP contribution is -2.55. The molecule has 0 radical (unpaired) electrons. The van der Waals surface area contributed by atoms with E-state index in [1.165, 1.54) is 0 Å². The predicted molar refractivity (Wildman–Crippen MR) is 156 cm³/mol. The zero-order valence-corrected chi connectivity index (χ0v) is 24.2. The lowest BCUT2D eigenvalue weighted by Gasteiger charge is -2.38. The second-order valence-electron chi connectivity index (χ2n) is 10.3. The first-order chi connectivity index (χ1) is 19.3. The number of aromatic nitrogens is 2. The Hall–Kier alpha value is -3.31. The summed E-state index contributed by atoms with van der Waals surface area (Å²) in [6, 6.07) is 5.73. The molecule has 1 N–H and O–H groups in total. The first-order valence-corrected chi connectivity index (χ1v) is 14.0. The van der Waals surface area contributed by atoms with E-state index in [-0.39, 0.29) is 18.0 Å². The molecule has 1 aromatic carbocycles. The van der Waals surface area contributed by atoms with Crippen LogP contribution in [0, 0.1) is 6.92 Å². The maximum absolute atomic E-state index is 13.7. The Balaban J connectivity index is 1.37. The smallest absolute Gasteiger partial charge is 0.260 e. The van der Waals surface area contributed by atoms with Crippen LogP contribution in [0.15, 0.2) is 57.8 Å². The largest absolute Gasteiger partial charge is 0.378 e. The van der Waals surface area contributed by atoms with Gasteiger partial charge < -0.3 is 19.5 Å². The van der Waals surface area contributed by atoms with Gasteiger partial charge in [-0.2, -0.15) is 4.98 Å². The van der Waals surface area contributed by atoms with Gasteiger partial charge in [0.2, 0.25) is 11.7 Å². The van der Waals surface area contributed by atoms with Crippen molar-refractivity contribution in [1.29, 1.82) is 0 Å². The van der Waals surface area contributed by atoms with Gasteiger partial charge in [-0.3, -0.25) is 14.6 Å². The minimum atomic E-state index is -0.177. The number of hydrogen-bond acceptors (Lipinski definition) is 9. The number of amides is 1. The molecule has 40 heavy (non-hydrogen) atoms. The molecule has 2 aromatic rings. The van der Waals surface area contributed by atoms with Gasteiger partial charge in [0.05, 0.1) is 25.3 Å². The molecule has 1 aromatic heterocycles. The first-order valence-electron chi connectivity index (χ1n) is 13.6. The molecule has 0 unspecified atom stereocenters. The Labute approximate surface area is 240 Å². The third-order valence-electron chi connectivity index (χ3n) is 7.61. The summed E-state index contributed by atoms with van der Waals surface area (Å²) in [4.78, 5) is 29.3. The van der Waals surface area contributed by atoms with Crippen molar-refractivity contribution in [2.75, 3.05) is 53.0 Å². The molecule has 3 aliphatic rings. The molecule has 2 atom stereocenters. The molecule has 0 aliphatic carbocycles. The molecule has 4 heterocycles. The van der Waals surface area contributed by atoms with Crippen LogP contribution < -0.4 is 5.32 Å². The van der Waals surface area contributed by atoms with E-state index in [0.29, 0.717) is 64.9 Å². The van der Waals surface area contributed by atoms with Crippen molar-refractivity contribution < 1.29 is 14.1 Å². The van der Waals surface area contributed by atoms with Crippen molar-refractivity contribution in [1.82, 2.24) is 30.2 Å². The monoisotopic (exact) mass is 565 g/mol. The summed E-state index contributed by atoms with van der Waals surface area (Å²) >= 11 is 6.68. The number of aryl methyl sites for hydroxylation is 1. The zero-order chi connectivity index (χ0) is 28.4. The Kier molecular flexibility index (Phi) is 8.51. The molecule has 0 saturated carbocycles. The number of ether oxygens (including phenoxy) is 1. The predicted octanol–water partition coefficient (Wildman–Crippen LogP) is 3.36. The number of carbonyl (C=O) groups excluding carboxylic acids is 1. The number of likely N-dealkylation sites (N-methyl/N-ethyl adjacent to an activating group) is 2. The van der Waals surface area contributed by atoms with E-state index in [9.17, 15) is 4.79 Å². The quantitative estimate of drug-likeness (QED) is 0.546. The average Bonchev–Trinajstić information content (AvgIpc) is 3.58. The van der Waals surface area contributed by atoms with E-state index in [1.54, 1.807) is 17.9 Å². The van der Waals surface area contributed by atoms with E-state index in [1.807, 2.05) is 38.1 Å². The SMILES string of the molecule is C=C(/N=C1\C(=C/C)C=C(c2ccc(-c3noc(C)n3)cc2Cl)C(=O)N1CC)N[C@@H]1COC[C@@H]1N1CCN(C)CC1. The molecule has 3 aliphatic heterocycles. The van der Waals surface area contributed by atoms with Crippen LogP contribution in [0.1, 0.15) is 25.3 Å². The maximum atomic E-state index is 13.7. The van der Waals surface area contributed by atoms with Gasteiger partial charge in [-0.1, -0.05) is 41.5 Å².